The zero-order valence-corrected chi connectivity index (χ0v) is 12.1. The molecule has 4 atom stereocenters. The molecule has 1 spiro atoms. The summed E-state index contributed by atoms with van der Waals surface area (Å²) in [6, 6.07) is 0.291. The van der Waals surface area contributed by atoms with E-state index in [9.17, 15) is 0 Å². The molecule has 2 heterocycles. The Bertz CT molecular complexity index is 305. The smallest absolute Gasteiger partial charge is 0.0770 e. The van der Waals surface area contributed by atoms with Crippen LogP contribution >= 0.6 is 0 Å². The minimum atomic E-state index is 0.167. The van der Waals surface area contributed by atoms with Crippen LogP contribution in [0.3, 0.4) is 0 Å². The normalized spacial score (nSPS) is 39.8. The van der Waals surface area contributed by atoms with Gasteiger partial charge in [-0.1, -0.05) is 19.8 Å². The molecule has 4 heteroatoms. The Morgan fingerprint density at radius 1 is 1.21 bits per heavy atom. The number of nitrogens with one attached hydrogen (secondary N) is 1. The lowest BCUT2D eigenvalue weighted by Gasteiger charge is -2.43. The van der Waals surface area contributed by atoms with Crippen molar-refractivity contribution in [2.24, 2.45) is 17.7 Å². The number of hydrazine groups is 1. The molecule has 0 aromatic heterocycles. The summed E-state index contributed by atoms with van der Waals surface area (Å²) in [5.41, 5.74) is 3.24. The molecule has 1 saturated carbocycles. The minimum Gasteiger partial charge on any atom is -0.376 e. The van der Waals surface area contributed by atoms with Gasteiger partial charge in [0.05, 0.1) is 17.7 Å². The molecule has 3 N–H and O–H groups in total. The predicted octanol–water partition coefficient (Wildman–Crippen LogP) is 1.98. The van der Waals surface area contributed by atoms with Gasteiger partial charge in [0.25, 0.3) is 0 Å². The molecule has 0 radical (unpaired) electrons. The lowest BCUT2D eigenvalue weighted by atomic mass is 9.77. The summed E-state index contributed by atoms with van der Waals surface area (Å²) in [4.78, 5) is 0. The first-order valence-corrected chi connectivity index (χ1v) is 7.96. The molecule has 3 rings (SSSR count). The summed E-state index contributed by atoms with van der Waals surface area (Å²) in [6.07, 6.45) is 8.85. The number of ether oxygens (including phenoxy) is 2. The highest BCUT2D eigenvalue weighted by molar-refractivity contribution is 4.97. The second-order valence-electron chi connectivity index (χ2n) is 6.79. The maximum absolute atomic E-state index is 6.13. The van der Waals surface area contributed by atoms with Crippen LogP contribution in [-0.4, -0.2) is 31.0 Å². The van der Waals surface area contributed by atoms with Gasteiger partial charge in [0.1, 0.15) is 0 Å². The largest absolute Gasteiger partial charge is 0.376 e. The van der Waals surface area contributed by atoms with Crippen molar-refractivity contribution in [3.05, 3.63) is 0 Å². The van der Waals surface area contributed by atoms with Gasteiger partial charge in [0.15, 0.2) is 0 Å². The molecule has 4 unspecified atom stereocenters. The molecule has 0 aromatic carbocycles. The van der Waals surface area contributed by atoms with Crippen molar-refractivity contribution in [2.45, 2.75) is 69.6 Å². The average molecular weight is 268 g/mol. The third-order valence-corrected chi connectivity index (χ3v) is 5.54. The highest BCUT2D eigenvalue weighted by Gasteiger charge is 2.45. The van der Waals surface area contributed by atoms with E-state index < -0.39 is 0 Å². The Balaban J connectivity index is 1.68. The quantitative estimate of drug-likeness (QED) is 0.607. The van der Waals surface area contributed by atoms with Crippen molar-refractivity contribution in [3.63, 3.8) is 0 Å². The molecule has 19 heavy (non-hydrogen) atoms. The highest BCUT2D eigenvalue weighted by atomic mass is 16.5. The Labute approximate surface area is 116 Å². The van der Waals surface area contributed by atoms with E-state index in [4.69, 9.17) is 15.3 Å². The first-order chi connectivity index (χ1) is 9.24. The zero-order chi connectivity index (χ0) is 13.3. The van der Waals surface area contributed by atoms with Crippen LogP contribution in [0.2, 0.25) is 0 Å². The van der Waals surface area contributed by atoms with E-state index in [1.165, 1.54) is 25.7 Å². The van der Waals surface area contributed by atoms with Gasteiger partial charge < -0.3 is 9.47 Å². The summed E-state index contributed by atoms with van der Waals surface area (Å²) in [5.74, 6) is 7.08. The Kier molecular flexibility index (Phi) is 4.13. The van der Waals surface area contributed by atoms with Crippen molar-refractivity contribution in [1.82, 2.24) is 5.43 Å². The predicted molar refractivity (Wildman–Crippen MR) is 74.5 cm³/mol. The molecular weight excluding hydrogens is 240 g/mol. The van der Waals surface area contributed by atoms with Crippen molar-refractivity contribution in [2.75, 3.05) is 13.2 Å². The van der Waals surface area contributed by atoms with E-state index in [0.717, 1.165) is 32.5 Å². The monoisotopic (exact) mass is 268 g/mol. The van der Waals surface area contributed by atoms with Gasteiger partial charge in [0.2, 0.25) is 0 Å². The van der Waals surface area contributed by atoms with E-state index in [-0.39, 0.29) is 11.7 Å². The second-order valence-corrected chi connectivity index (χ2v) is 6.79. The van der Waals surface area contributed by atoms with Crippen LogP contribution in [0.1, 0.15) is 51.9 Å². The summed E-state index contributed by atoms with van der Waals surface area (Å²) in [5, 5.41) is 0. The topological polar surface area (TPSA) is 56.5 Å². The first kappa shape index (κ1) is 13.8. The SMILES string of the molecule is CC1CCOC1C(NN)C1CCOC2(CCCC2)C1. The molecule has 2 aliphatic heterocycles. The average Bonchev–Trinajstić information content (AvgIpc) is 3.02. The van der Waals surface area contributed by atoms with Gasteiger partial charge >= 0.3 is 0 Å². The summed E-state index contributed by atoms with van der Waals surface area (Å²) in [7, 11) is 0. The molecule has 4 nitrogen and oxygen atoms in total. The van der Waals surface area contributed by atoms with Gasteiger partial charge in [-0.15, -0.1) is 0 Å². The molecular formula is C15H28N2O2. The van der Waals surface area contributed by atoms with E-state index >= 15 is 0 Å². The third kappa shape index (κ3) is 2.68. The van der Waals surface area contributed by atoms with Crippen molar-refractivity contribution in [3.8, 4) is 0 Å². The number of hydrogen-bond donors (Lipinski definition) is 2. The fourth-order valence-corrected chi connectivity index (χ4v) is 4.42. The number of hydrogen-bond acceptors (Lipinski definition) is 4. The molecule has 3 aliphatic rings. The van der Waals surface area contributed by atoms with E-state index in [1.807, 2.05) is 0 Å². The Morgan fingerprint density at radius 2 is 2.00 bits per heavy atom. The van der Waals surface area contributed by atoms with Crippen LogP contribution in [0.4, 0.5) is 0 Å². The fraction of sp³-hybridized carbons (Fsp3) is 1.00. The molecule has 0 bridgehead atoms. The Morgan fingerprint density at radius 3 is 2.63 bits per heavy atom. The van der Waals surface area contributed by atoms with E-state index in [1.54, 1.807) is 0 Å². The fourth-order valence-electron chi connectivity index (χ4n) is 4.42. The van der Waals surface area contributed by atoms with Gasteiger partial charge in [-0.2, -0.15) is 0 Å². The summed E-state index contributed by atoms with van der Waals surface area (Å²) in [6.45, 7) is 4.06. The van der Waals surface area contributed by atoms with Crippen LogP contribution in [0.15, 0.2) is 0 Å². The number of nitrogens with two attached hydrogens (primary N) is 1. The van der Waals surface area contributed by atoms with Crippen LogP contribution in [0.5, 0.6) is 0 Å². The van der Waals surface area contributed by atoms with Crippen LogP contribution in [0.25, 0.3) is 0 Å². The van der Waals surface area contributed by atoms with E-state index in [2.05, 4.69) is 12.3 Å². The van der Waals surface area contributed by atoms with Crippen molar-refractivity contribution < 1.29 is 9.47 Å². The van der Waals surface area contributed by atoms with Gasteiger partial charge in [-0.05, 0) is 43.9 Å². The molecule has 0 aromatic rings. The molecule has 3 fully saturated rings. The summed E-state index contributed by atoms with van der Waals surface area (Å²) < 4.78 is 12.1. The maximum Gasteiger partial charge on any atom is 0.0770 e. The lowest BCUT2D eigenvalue weighted by molar-refractivity contribution is -0.107. The van der Waals surface area contributed by atoms with Gasteiger partial charge in [0, 0.05) is 13.2 Å². The zero-order valence-electron chi connectivity index (χ0n) is 12.1. The standard InChI is InChI=1S/C15H28N2O2/c1-11-4-8-18-14(11)13(17-16)12-5-9-19-15(10-12)6-2-3-7-15/h11-14,17H,2-10,16H2,1H3. The van der Waals surface area contributed by atoms with Crippen LogP contribution < -0.4 is 11.3 Å². The molecule has 0 amide bonds. The van der Waals surface area contributed by atoms with Crippen LogP contribution in [-0.2, 0) is 9.47 Å². The lowest BCUT2D eigenvalue weighted by Crippen LogP contribution is -2.54. The second kappa shape index (κ2) is 5.68. The summed E-state index contributed by atoms with van der Waals surface area (Å²) >= 11 is 0. The third-order valence-electron chi connectivity index (χ3n) is 5.54. The Hall–Kier alpha value is -0.160. The number of rotatable bonds is 3. The molecule has 2 saturated heterocycles. The highest BCUT2D eigenvalue weighted by Crippen LogP contribution is 2.44. The first-order valence-electron chi connectivity index (χ1n) is 7.96. The van der Waals surface area contributed by atoms with Crippen LogP contribution in [0, 0.1) is 11.8 Å². The van der Waals surface area contributed by atoms with Gasteiger partial charge in [-0.25, -0.2) is 0 Å². The molecule has 1 aliphatic carbocycles. The van der Waals surface area contributed by atoms with Crippen molar-refractivity contribution in [1.29, 1.82) is 0 Å². The minimum absolute atomic E-state index is 0.167. The maximum atomic E-state index is 6.13. The molecule has 110 valence electrons. The van der Waals surface area contributed by atoms with Gasteiger partial charge in [-0.3, -0.25) is 11.3 Å². The van der Waals surface area contributed by atoms with Crippen molar-refractivity contribution >= 4 is 0 Å². The van der Waals surface area contributed by atoms with E-state index in [0.29, 0.717) is 17.9 Å².